The summed E-state index contributed by atoms with van der Waals surface area (Å²) >= 11 is 1.53. The van der Waals surface area contributed by atoms with E-state index in [1.807, 2.05) is 35.7 Å². The Balaban J connectivity index is 1.77. The number of nitrogens with one attached hydrogen (secondary N) is 1. The molecule has 1 aromatic carbocycles. The Labute approximate surface area is 138 Å². The molecule has 6 nitrogen and oxygen atoms in total. The Morgan fingerprint density at radius 2 is 1.91 bits per heavy atom. The first-order chi connectivity index (χ1) is 11.0. The summed E-state index contributed by atoms with van der Waals surface area (Å²) in [7, 11) is -3.82. The lowest BCUT2D eigenvalue weighted by Gasteiger charge is -2.07. The number of hydrogen-bond donors (Lipinski definition) is 2. The van der Waals surface area contributed by atoms with Gasteiger partial charge in [-0.1, -0.05) is 30.3 Å². The lowest BCUT2D eigenvalue weighted by Crippen LogP contribution is -2.16. The summed E-state index contributed by atoms with van der Waals surface area (Å²) in [5.74, 6) is 0.226. The Morgan fingerprint density at radius 3 is 2.65 bits per heavy atom. The van der Waals surface area contributed by atoms with Gasteiger partial charge < -0.3 is 5.32 Å². The molecule has 0 saturated carbocycles. The van der Waals surface area contributed by atoms with Gasteiger partial charge in [0.15, 0.2) is 0 Å². The van der Waals surface area contributed by atoms with Gasteiger partial charge in [0.05, 0.1) is 12.2 Å². The molecule has 0 fully saturated rings. The van der Waals surface area contributed by atoms with Gasteiger partial charge >= 0.3 is 0 Å². The maximum absolute atomic E-state index is 11.5. The van der Waals surface area contributed by atoms with Crippen LogP contribution in [0.15, 0.2) is 58.9 Å². The van der Waals surface area contributed by atoms with Crippen LogP contribution in [0.2, 0.25) is 0 Å². The van der Waals surface area contributed by atoms with Crippen molar-refractivity contribution >= 4 is 27.2 Å². The van der Waals surface area contributed by atoms with E-state index in [1.54, 1.807) is 0 Å². The van der Waals surface area contributed by atoms with E-state index in [1.165, 1.54) is 29.7 Å². The van der Waals surface area contributed by atoms with Crippen LogP contribution < -0.4 is 10.5 Å². The number of benzene rings is 1. The monoisotopic (exact) mass is 346 g/mol. The molecule has 3 rings (SSSR count). The van der Waals surface area contributed by atoms with Crippen molar-refractivity contribution in [2.45, 2.75) is 11.4 Å². The standard InChI is InChI=1S/C15H14N4O2S2/c16-23(20,21)13-7-4-8-17-14(13)18-9-12-10-22-15(19-12)11-5-2-1-3-6-11/h1-8,10H,9H2,(H,17,18)(H2,16,20,21). The molecule has 8 heteroatoms. The zero-order chi connectivity index (χ0) is 16.3. The van der Waals surface area contributed by atoms with Gasteiger partial charge in [0.1, 0.15) is 15.7 Å². The fraction of sp³-hybridized carbons (Fsp3) is 0.0667. The second-order valence-electron chi connectivity index (χ2n) is 4.76. The van der Waals surface area contributed by atoms with Gasteiger partial charge in [0, 0.05) is 17.1 Å². The zero-order valence-electron chi connectivity index (χ0n) is 12.0. The van der Waals surface area contributed by atoms with Crippen molar-refractivity contribution in [1.29, 1.82) is 0 Å². The number of pyridine rings is 1. The molecule has 23 heavy (non-hydrogen) atoms. The molecule has 0 aliphatic rings. The van der Waals surface area contributed by atoms with Gasteiger partial charge in [-0.15, -0.1) is 11.3 Å². The molecule has 0 aliphatic carbocycles. The number of rotatable bonds is 5. The topological polar surface area (TPSA) is 98.0 Å². The summed E-state index contributed by atoms with van der Waals surface area (Å²) in [6.07, 6.45) is 1.51. The Bertz CT molecular complexity index is 908. The highest BCUT2D eigenvalue weighted by Gasteiger charge is 2.14. The van der Waals surface area contributed by atoms with E-state index in [9.17, 15) is 8.42 Å². The van der Waals surface area contributed by atoms with Crippen LogP contribution in [-0.4, -0.2) is 18.4 Å². The van der Waals surface area contributed by atoms with E-state index < -0.39 is 10.0 Å². The summed E-state index contributed by atoms with van der Waals surface area (Å²) in [6, 6.07) is 12.8. The lowest BCUT2D eigenvalue weighted by atomic mass is 10.2. The number of sulfonamides is 1. The van der Waals surface area contributed by atoms with Crippen LogP contribution in [-0.2, 0) is 16.6 Å². The zero-order valence-corrected chi connectivity index (χ0v) is 13.6. The molecule has 0 spiro atoms. The molecular weight excluding hydrogens is 332 g/mol. The predicted octanol–water partition coefficient (Wildman–Crippen LogP) is 2.46. The molecule has 3 N–H and O–H groups in total. The fourth-order valence-electron chi connectivity index (χ4n) is 2.03. The minimum Gasteiger partial charge on any atom is -0.363 e. The quantitative estimate of drug-likeness (QED) is 0.739. The molecule has 0 radical (unpaired) electrons. The predicted molar refractivity (Wildman–Crippen MR) is 90.5 cm³/mol. The van der Waals surface area contributed by atoms with Crippen molar-refractivity contribution in [3.8, 4) is 10.6 Å². The molecular formula is C15H14N4O2S2. The largest absolute Gasteiger partial charge is 0.363 e. The van der Waals surface area contributed by atoms with Crippen LogP contribution in [0.25, 0.3) is 10.6 Å². The van der Waals surface area contributed by atoms with Gasteiger partial charge in [-0.3, -0.25) is 0 Å². The maximum Gasteiger partial charge on any atom is 0.241 e. The maximum atomic E-state index is 11.5. The molecule has 0 saturated heterocycles. The summed E-state index contributed by atoms with van der Waals surface area (Å²) in [6.45, 7) is 0.364. The molecule has 0 amide bonds. The van der Waals surface area contributed by atoms with Crippen molar-refractivity contribution < 1.29 is 8.42 Å². The molecule has 118 valence electrons. The van der Waals surface area contributed by atoms with Crippen LogP contribution >= 0.6 is 11.3 Å². The van der Waals surface area contributed by atoms with Crippen LogP contribution in [0.4, 0.5) is 5.82 Å². The van der Waals surface area contributed by atoms with Crippen LogP contribution in [0.3, 0.4) is 0 Å². The van der Waals surface area contributed by atoms with Gasteiger partial charge in [-0.2, -0.15) is 0 Å². The molecule has 0 unspecified atom stereocenters. The number of anilines is 1. The van der Waals surface area contributed by atoms with Crippen molar-refractivity contribution in [2.75, 3.05) is 5.32 Å². The smallest absolute Gasteiger partial charge is 0.241 e. The number of hydrogen-bond acceptors (Lipinski definition) is 6. The molecule has 2 aromatic heterocycles. The number of thiazole rings is 1. The summed E-state index contributed by atoms with van der Waals surface area (Å²) in [5, 5.41) is 11.0. The highest BCUT2D eigenvalue weighted by Crippen LogP contribution is 2.24. The summed E-state index contributed by atoms with van der Waals surface area (Å²) < 4.78 is 23.1. The van der Waals surface area contributed by atoms with E-state index in [2.05, 4.69) is 15.3 Å². The third kappa shape index (κ3) is 3.73. The van der Waals surface area contributed by atoms with Crippen LogP contribution in [0.5, 0.6) is 0 Å². The van der Waals surface area contributed by atoms with E-state index in [0.717, 1.165) is 16.3 Å². The van der Waals surface area contributed by atoms with Crippen molar-refractivity contribution in [3.05, 3.63) is 59.7 Å². The first-order valence-electron chi connectivity index (χ1n) is 6.75. The number of aromatic nitrogens is 2. The Kier molecular flexibility index (Phi) is 4.37. The SMILES string of the molecule is NS(=O)(=O)c1cccnc1NCc1csc(-c2ccccc2)n1. The van der Waals surface area contributed by atoms with Crippen LogP contribution in [0.1, 0.15) is 5.69 Å². The third-order valence-electron chi connectivity index (χ3n) is 3.09. The fourth-order valence-corrected chi connectivity index (χ4v) is 3.52. The number of nitrogens with two attached hydrogens (primary N) is 1. The Morgan fingerprint density at radius 1 is 1.13 bits per heavy atom. The third-order valence-corrected chi connectivity index (χ3v) is 4.97. The summed E-state index contributed by atoms with van der Waals surface area (Å²) in [4.78, 5) is 8.54. The van der Waals surface area contributed by atoms with E-state index in [4.69, 9.17) is 5.14 Å². The minimum atomic E-state index is -3.82. The molecule has 0 atom stereocenters. The molecule has 0 bridgehead atoms. The first-order valence-corrected chi connectivity index (χ1v) is 9.18. The lowest BCUT2D eigenvalue weighted by molar-refractivity contribution is 0.597. The molecule has 3 aromatic rings. The molecule has 2 heterocycles. The minimum absolute atomic E-state index is 0.0292. The normalized spacial score (nSPS) is 11.3. The average Bonchev–Trinajstić information content (AvgIpc) is 3.02. The van der Waals surface area contributed by atoms with Crippen molar-refractivity contribution in [1.82, 2.24) is 9.97 Å². The second-order valence-corrected chi connectivity index (χ2v) is 7.15. The Hall–Kier alpha value is -2.29. The average molecular weight is 346 g/mol. The van der Waals surface area contributed by atoms with Crippen molar-refractivity contribution in [2.24, 2.45) is 5.14 Å². The molecule has 0 aliphatic heterocycles. The first kappa shape index (κ1) is 15.6. The summed E-state index contributed by atoms with van der Waals surface area (Å²) in [5.41, 5.74) is 1.85. The highest BCUT2D eigenvalue weighted by atomic mass is 32.2. The number of nitrogens with zero attached hydrogens (tertiary/aromatic N) is 2. The van der Waals surface area contributed by atoms with E-state index >= 15 is 0 Å². The van der Waals surface area contributed by atoms with Crippen LogP contribution in [0, 0.1) is 0 Å². The van der Waals surface area contributed by atoms with Gasteiger partial charge in [-0.05, 0) is 12.1 Å². The highest BCUT2D eigenvalue weighted by molar-refractivity contribution is 7.89. The van der Waals surface area contributed by atoms with Crippen molar-refractivity contribution in [3.63, 3.8) is 0 Å². The number of primary sulfonamides is 1. The van der Waals surface area contributed by atoms with Gasteiger partial charge in [0.25, 0.3) is 0 Å². The van der Waals surface area contributed by atoms with Gasteiger partial charge in [0.2, 0.25) is 10.0 Å². The van der Waals surface area contributed by atoms with Gasteiger partial charge in [-0.25, -0.2) is 23.5 Å². The van der Waals surface area contributed by atoms with E-state index in [0.29, 0.717) is 6.54 Å². The van der Waals surface area contributed by atoms with E-state index in [-0.39, 0.29) is 10.7 Å². The second kappa shape index (κ2) is 6.45.